The second kappa shape index (κ2) is 2.97. The van der Waals surface area contributed by atoms with E-state index in [-0.39, 0.29) is 6.04 Å². The number of nitrogens with zero attached hydrogens (tertiary/aromatic N) is 3. The van der Waals surface area contributed by atoms with E-state index in [2.05, 4.69) is 23.8 Å². The highest BCUT2D eigenvalue weighted by Gasteiger charge is 2.11. The summed E-state index contributed by atoms with van der Waals surface area (Å²) < 4.78 is 1.94. The lowest BCUT2D eigenvalue weighted by atomic mass is 10.3. The van der Waals surface area contributed by atoms with Gasteiger partial charge in [0.2, 0.25) is 5.95 Å². The minimum atomic E-state index is 0.287. The first kappa shape index (κ1) is 8.99. The van der Waals surface area contributed by atoms with Crippen LogP contribution in [0.1, 0.15) is 25.5 Å². The summed E-state index contributed by atoms with van der Waals surface area (Å²) in [5.74, 6) is 0.535. The summed E-state index contributed by atoms with van der Waals surface area (Å²) in [6, 6.07) is 2.28. The van der Waals surface area contributed by atoms with Crippen molar-refractivity contribution >= 4 is 17.1 Å². The number of nitrogens with two attached hydrogens (primary N) is 1. The molecule has 2 rings (SSSR count). The summed E-state index contributed by atoms with van der Waals surface area (Å²) in [5, 5.41) is 0. The average molecular weight is 190 g/mol. The largest absolute Gasteiger partial charge is 0.369 e. The van der Waals surface area contributed by atoms with E-state index in [0.29, 0.717) is 5.95 Å². The Labute approximate surface area is 82.8 Å². The van der Waals surface area contributed by atoms with Crippen LogP contribution in [-0.4, -0.2) is 14.5 Å². The second-order valence-corrected chi connectivity index (χ2v) is 3.79. The summed E-state index contributed by atoms with van der Waals surface area (Å²) in [6.45, 7) is 6.13. The SMILES string of the molecule is Cc1cnc2c(c1)nc(N)n2C(C)C. The third kappa shape index (κ3) is 1.23. The molecule has 4 heteroatoms. The molecule has 4 nitrogen and oxygen atoms in total. The fraction of sp³-hybridized carbons (Fsp3) is 0.400. The quantitative estimate of drug-likeness (QED) is 0.747. The van der Waals surface area contributed by atoms with Crippen molar-refractivity contribution in [2.45, 2.75) is 26.8 Å². The van der Waals surface area contributed by atoms with Crippen LogP contribution in [0, 0.1) is 6.92 Å². The molecule has 0 aliphatic rings. The summed E-state index contributed by atoms with van der Waals surface area (Å²) in [4.78, 5) is 8.62. The van der Waals surface area contributed by atoms with Crippen molar-refractivity contribution in [2.75, 3.05) is 5.73 Å². The van der Waals surface area contributed by atoms with Gasteiger partial charge in [0.1, 0.15) is 5.52 Å². The normalized spacial score (nSPS) is 11.4. The van der Waals surface area contributed by atoms with Gasteiger partial charge in [-0.05, 0) is 32.4 Å². The van der Waals surface area contributed by atoms with E-state index in [1.165, 1.54) is 0 Å². The molecule has 0 spiro atoms. The number of aryl methyl sites for hydroxylation is 1. The van der Waals surface area contributed by atoms with E-state index >= 15 is 0 Å². The number of anilines is 1. The predicted octanol–water partition coefficient (Wildman–Crippen LogP) is 1.90. The zero-order chi connectivity index (χ0) is 10.3. The van der Waals surface area contributed by atoms with Gasteiger partial charge in [0.25, 0.3) is 0 Å². The van der Waals surface area contributed by atoms with Crippen LogP contribution in [0.25, 0.3) is 11.2 Å². The Balaban J connectivity index is 2.77. The van der Waals surface area contributed by atoms with Crippen LogP contribution in [-0.2, 0) is 0 Å². The van der Waals surface area contributed by atoms with E-state index < -0.39 is 0 Å². The molecule has 74 valence electrons. The van der Waals surface area contributed by atoms with Crippen molar-refractivity contribution in [1.29, 1.82) is 0 Å². The third-order valence-electron chi connectivity index (χ3n) is 2.21. The Morgan fingerprint density at radius 1 is 1.43 bits per heavy atom. The van der Waals surface area contributed by atoms with Crippen molar-refractivity contribution in [3.8, 4) is 0 Å². The van der Waals surface area contributed by atoms with Gasteiger partial charge in [0.15, 0.2) is 5.65 Å². The first-order valence-corrected chi connectivity index (χ1v) is 4.69. The van der Waals surface area contributed by atoms with Gasteiger partial charge in [0.05, 0.1) is 0 Å². The van der Waals surface area contributed by atoms with E-state index in [1.54, 1.807) is 0 Å². The molecule has 0 amide bonds. The van der Waals surface area contributed by atoms with Crippen LogP contribution >= 0.6 is 0 Å². The molecule has 0 aliphatic carbocycles. The van der Waals surface area contributed by atoms with Crippen LogP contribution in [0.4, 0.5) is 5.95 Å². The predicted molar refractivity (Wildman–Crippen MR) is 57.1 cm³/mol. The summed E-state index contributed by atoms with van der Waals surface area (Å²) in [6.07, 6.45) is 1.84. The number of pyridine rings is 1. The van der Waals surface area contributed by atoms with Gasteiger partial charge in [-0.15, -0.1) is 0 Å². The lowest BCUT2D eigenvalue weighted by Crippen LogP contribution is -2.06. The van der Waals surface area contributed by atoms with Crippen LogP contribution in [0.15, 0.2) is 12.3 Å². The molecule has 0 radical (unpaired) electrons. The highest BCUT2D eigenvalue weighted by atomic mass is 15.2. The van der Waals surface area contributed by atoms with E-state index in [4.69, 9.17) is 5.73 Å². The van der Waals surface area contributed by atoms with Crippen molar-refractivity contribution < 1.29 is 0 Å². The standard InChI is InChI=1S/C10H14N4/c1-6(2)14-9-8(13-10(14)11)4-7(3)5-12-9/h4-6H,1-3H3,(H2,11,13). The first-order valence-electron chi connectivity index (χ1n) is 4.69. The Morgan fingerprint density at radius 3 is 2.79 bits per heavy atom. The second-order valence-electron chi connectivity index (χ2n) is 3.79. The van der Waals surface area contributed by atoms with Gasteiger partial charge in [-0.3, -0.25) is 4.57 Å². The molecule has 0 unspecified atom stereocenters. The molecule has 14 heavy (non-hydrogen) atoms. The number of aromatic nitrogens is 3. The van der Waals surface area contributed by atoms with Gasteiger partial charge < -0.3 is 5.73 Å². The molecule has 2 aromatic heterocycles. The third-order valence-corrected chi connectivity index (χ3v) is 2.21. The van der Waals surface area contributed by atoms with Crippen molar-refractivity contribution in [3.63, 3.8) is 0 Å². The fourth-order valence-corrected chi connectivity index (χ4v) is 1.61. The van der Waals surface area contributed by atoms with E-state index in [9.17, 15) is 0 Å². The van der Waals surface area contributed by atoms with Gasteiger partial charge >= 0.3 is 0 Å². The minimum absolute atomic E-state index is 0.287. The molecule has 2 aromatic rings. The molecule has 0 saturated heterocycles. The van der Waals surface area contributed by atoms with Crippen molar-refractivity contribution in [1.82, 2.24) is 14.5 Å². The number of hydrogen-bond donors (Lipinski definition) is 1. The first-order chi connectivity index (χ1) is 6.59. The maximum atomic E-state index is 5.82. The maximum absolute atomic E-state index is 5.82. The molecule has 0 saturated carbocycles. The molecular weight excluding hydrogens is 176 g/mol. The molecule has 2 heterocycles. The van der Waals surface area contributed by atoms with Crippen molar-refractivity contribution in [2.24, 2.45) is 0 Å². The lowest BCUT2D eigenvalue weighted by Gasteiger charge is -2.08. The van der Waals surface area contributed by atoms with Gasteiger partial charge in [0, 0.05) is 12.2 Å². The number of fused-ring (bicyclic) bond motifs is 1. The Morgan fingerprint density at radius 2 is 2.14 bits per heavy atom. The number of nitrogen functional groups attached to an aromatic ring is 1. The molecular formula is C10H14N4. The van der Waals surface area contributed by atoms with Crippen LogP contribution in [0.3, 0.4) is 0 Å². The van der Waals surface area contributed by atoms with Crippen LogP contribution in [0.5, 0.6) is 0 Å². The maximum Gasteiger partial charge on any atom is 0.202 e. The van der Waals surface area contributed by atoms with E-state index in [0.717, 1.165) is 16.7 Å². The molecule has 0 bridgehead atoms. The zero-order valence-electron chi connectivity index (χ0n) is 8.65. The van der Waals surface area contributed by atoms with Crippen molar-refractivity contribution in [3.05, 3.63) is 17.8 Å². The summed E-state index contributed by atoms with van der Waals surface area (Å²) in [5.41, 5.74) is 8.65. The molecule has 0 aromatic carbocycles. The monoisotopic (exact) mass is 190 g/mol. The zero-order valence-corrected chi connectivity index (χ0v) is 8.65. The average Bonchev–Trinajstić information content (AvgIpc) is 2.39. The molecule has 0 atom stereocenters. The Kier molecular flexibility index (Phi) is 1.91. The molecule has 0 fully saturated rings. The molecule has 0 aliphatic heterocycles. The topological polar surface area (TPSA) is 56.7 Å². The number of hydrogen-bond acceptors (Lipinski definition) is 3. The van der Waals surface area contributed by atoms with Gasteiger partial charge in [-0.1, -0.05) is 0 Å². The highest BCUT2D eigenvalue weighted by Crippen LogP contribution is 2.20. The summed E-state index contributed by atoms with van der Waals surface area (Å²) >= 11 is 0. The van der Waals surface area contributed by atoms with Gasteiger partial charge in [-0.2, -0.15) is 0 Å². The number of rotatable bonds is 1. The Bertz CT molecular complexity index is 470. The van der Waals surface area contributed by atoms with E-state index in [1.807, 2.05) is 23.8 Å². The highest BCUT2D eigenvalue weighted by molar-refractivity contribution is 5.74. The van der Waals surface area contributed by atoms with Gasteiger partial charge in [-0.25, -0.2) is 9.97 Å². The van der Waals surface area contributed by atoms with Crippen LogP contribution in [0.2, 0.25) is 0 Å². The minimum Gasteiger partial charge on any atom is -0.369 e. The lowest BCUT2D eigenvalue weighted by molar-refractivity contribution is 0.622. The smallest absolute Gasteiger partial charge is 0.202 e. The number of imidazole rings is 1. The Hall–Kier alpha value is -1.58. The fourth-order valence-electron chi connectivity index (χ4n) is 1.61. The summed E-state index contributed by atoms with van der Waals surface area (Å²) in [7, 11) is 0. The molecule has 2 N–H and O–H groups in total. The van der Waals surface area contributed by atoms with Crippen LogP contribution < -0.4 is 5.73 Å².